The van der Waals surface area contributed by atoms with Crippen LogP contribution >= 0.6 is 11.8 Å². The van der Waals surface area contributed by atoms with Crippen molar-refractivity contribution in [3.05, 3.63) is 30.3 Å². The zero-order valence-corrected chi connectivity index (χ0v) is 11.2. The lowest BCUT2D eigenvalue weighted by atomic mass is 10.0. The van der Waals surface area contributed by atoms with Crippen LogP contribution < -0.4 is 5.32 Å². The predicted molar refractivity (Wildman–Crippen MR) is 73.5 cm³/mol. The molecule has 0 heterocycles. The molecule has 1 fully saturated rings. The van der Waals surface area contributed by atoms with E-state index in [9.17, 15) is 4.79 Å². The molecule has 18 heavy (non-hydrogen) atoms. The SMILES string of the molecule is O=C(CSc1ccccc1)NCC1(CCO)CC1. The van der Waals surface area contributed by atoms with Crippen LogP contribution in [0, 0.1) is 5.41 Å². The Labute approximate surface area is 112 Å². The maximum absolute atomic E-state index is 11.7. The minimum absolute atomic E-state index is 0.0769. The molecular weight excluding hydrogens is 246 g/mol. The summed E-state index contributed by atoms with van der Waals surface area (Å²) < 4.78 is 0. The second-order valence-electron chi connectivity index (χ2n) is 4.85. The van der Waals surface area contributed by atoms with E-state index in [-0.39, 0.29) is 17.9 Å². The van der Waals surface area contributed by atoms with Crippen LogP contribution in [0.2, 0.25) is 0 Å². The summed E-state index contributed by atoms with van der Waals surface area (Å²) >= 11 is 1.55. The Kier molecular flexibility index (Phi) is 4.66. The molecule has 2 rings (SSSR count). The molecule has 0 saturated heterocycles. The van der Waals surface area contributed by atoms with Crippen LogP contribution in [-0.4, -0.2) is 29.9 Å². The minimum Gasteiger partial charge on any atom is -0.396 e. The topological polar surface area (TPSA) is 49.3 Å². The average molecular weight is 265 g/mol. The number of aliphatic hydroxyl groups is 1. The Morgan fingerprint density at radius 2 is 2.06 bits per heavy atom. The molecule has 3 nitrogen and oxygen atoms in total. The second-order valence-corrected chi connectivity index (χ2v) is 5.90. The Morgan fingerprint density at radius 1 is 1.33 bits per heavy atom. The molecule has 1 aliphatic rings. The number of benzene rings is 1. The van der Waals surface area contributed by atoms with Crippen molar-refractivity contribution >= 4 is 17.7 Å². The summed E-state index contributed by atoms with van der Waals surface area (Å²) in [6.07, 6.45) is 3.05. The van der Waals surface area contributed by atoms with Crippen molar-refractivity contribution in [1.29, 1.82) is 0 Å². The van der Waals surface area contributed by atoms with E-state index < -0.39 is 0 Å². The van der Waals surface area contributed by atoms with Gasteiger partial charge in [-0.15, -0.1) is 11.8 Å². The molecule has 1 amide bonds. The van der Waals surface area contributed by atoms with Gasteiger partial charge in [0.05, 0.1) is 5.75 Å². The molecule has 1 aliphatic carbocycles. The first-order valence-corrected chi connectivity index (χ1v) is 7.28. The van der Waals surface area contributed by atoms with Crippen LogP contribution in [0.25, 0.3) is 0 Å². The van der Waals surface area contributed by atoms with Crippen LogP contribution in [0.1, 0.15) is 19.3 Å². The molecule has 0 bridgehead atoms. The van der Waals surface area contributed by atoms with Crippen LogP contribution in [0.5, 0.6) is 0 Å². The first kappa shape index (κ1) is 13.4. The standard InChI is InChI=1S/C14H19NO2S/c16-9-8-14(6-7-14)11-15-13(17)10-18-12-4-2-1-3-5-12/h1-5,16H,6-11H2,(H,15,17). The van der Waals surface area contributed by atoms with Crippen molar-refractivity contribution in [2.45, 2.75) is 24.2 Å². The van der Waals surface area contributed by atoms with Crippen molar-refractivity contribution in [2.75, 3.05) is 18.9 Å². The van der Waals surface area contributed by atoms with E-state index in [1.807, 2.05) is 30.3 Å². The number of aliphatic hydroxyl groups excluding tert-OH is 1. The first-order valence-electron chi connectivity index (χ1n) is 6.30. The van der Waals surface area contributed by atoms with E-state index in [1.54, 1.807) is 11.8 Å². The van der Waals surface area contributed by atoms with Gasteiger partial charge in [-0.1, -0.05) is 18.2 Å². The van der Waals surface area contributed by atoms with Crippen molar-refractivity contribution in [2.24, 2.45) is 5.41 Å². The normalized spacial score (nSPS) is 16.3. The van der Waals surface area contributed by atoms with E-state index in [0.717, 1.165) is 24.2 Å². The third-order valence-electron chi connectivity index (χ3n) is 3.37. The Balaban J connectivity index is 1.67. The summed E-state index contributed by atoms with van der Waals surface area (Å²) in [6, 6.07) is 9.93. The van der Waals surface area contributed by atoms with Gasteiger partial charge < -0.3 is 10.4 Å². The monoisotopic (exact) mass is 265 g/mol. The molecule has 2 N–H and O–H groups in total. The summed E-state index contributed by atoms with van der Waals surface area (Å²) in [5, 5.41) is 11.9. The summed E-state index contributed by atoms with van der Waals surface area (Å²) in [4.78, 5) is 12.8. The van der Waals surface area contributed by atoms with Gasteiger partial charge in [0, 0.05) is 18.0 Å². The van der Waals surface area contributed by atoms with Crippen LogP contribution in [0.3, 0.4) is 0 Å². The zero-order valence-electron chi connectivity index (χ0n) is 10.4. The molecule has 1 aromatic carbocycles. The van der Waals surface area contributed by atoms with Crippen LogP contribution in [0.15, 0.2) is 35.2 Å². The van der Waals surface area contributed by atoms with Gasteiger partial charge in [0.25, 0.3) is 0 Å². The van der Waals surface area contributed by atoms with E-state index >= 15 is 0 Å². The van der Waals surface area contributed by atoms with E-state index in [2.05, 4.69) is 5.32 Å². The second kappa shape index (κ2) is 6.25. The fourth-order valence-electron chi connectivity index (χ4n) is 1.93. The smallest absolute Gasteiger partial charge is 0.230 e. The van der Waals surface area contributed by atoms with Crippen molar-refractivity contribution in [1.82, 2.24) is 5.32 Å². The number of hydrogen-bond acceptors (Lipinski definition) is 3. The lowest BCUT2D eigenvalue weighted by Gasteiger charge is -2.14. The van der Waals surface area contributed by atoms with Gasteiger partial charge in [-0.25, -0.2) is 0 Å². The highest BCUT2D eigenvalue weighted by Crippen LogP contribution is 2.47. The maximum Gasteiger partial charge on any atom is 0.230 e. The van der Waals surface area contributed by atoms with Gasteiger partial charge in [-0.3, -0.25) is 4.79 Å². The summed E-state index contributed by atoms with van der Waals surface area (Å²) in [5.74, 6) is 0.534. The number of amides is 1. The molecule has 98 valence electrons. The lowest BCUT2D eigenvalue weighted by Crippen LogP contribution is -2.31. The lowest BCUT2D eigenvalue weighted by molar-refractivity contribution is -0.118. The molecule has 0 atom stereocenters. The number of thioether (sulfide) groups is 1. The fourth-order valence-corrected chi connectivity index (χ4v) is 2.68. The molecule has 1 aromatic rings. The summed E-state index contributed by atoms with van der Waals surface area (Å²) in [5.41, 5.74) is 0.196. The molecule has 0 unspecified atom stereocenters. The van der Waals surface area contributed by atoms with Gasteiger partial charge in [-0.2, -0.15) is 0 Å². The van der Waals surface area contributed by atoms with Gasteiger partial charge >= 0.3 is 0 Å². The van der Waals surface area contributed by atoms with Gasteiger partial charge in [-0.05, 0) is 36.8 Å². The Morgan fingerprint density at radius 3 is 2.67 bits per heavy atom. The number of carbonyl (C=O) groups excluding carboxylic acids is 1. The third kappa shape index (κ3) is 4.03. The fraction of sp³-hybridized carbons (Fsp3) is 0.500. The van der Waals surface area contributed by atoms with E-state index in [1.165, 1.54) is 0 Å². The largest absolute Gasteiger partial charge is 0.396 e. The number of nitrogens with one attached hydrogen (secondary N) is 1. The highest BCUT2D eigenvalue weighted by molar-refractivity contribution is 8.00. The number of carbonyl (C=O) groups is 1. The minimum atomic E-state index is 0.0769. The molecular formula is C14H19NO2S. The van der Waals surface area contributed by atoms with Crippen molar-refractivity contribution < 1.29 is 9.90 Å². The summed E-state index contributed by atoms with van der Waals surface area (Å²) in [6.45, 7) is 0.927. The Bertz CT molecular complexity index is 390. The van der Waals surface area contributed by atoms with E-state index in [4.69, 9.17) is 5.11 Å². The highest BCUT2D eigenvalue weighted by Gasteiger charge is 2.41. The number of hydrogen-bond donors (Lipinski definition) is 2. The zero-order chi connectivity index (χ0) is 12.8. The maximum atomic E-state index is 11.7. The molecule has 0 aromatic heterocycles. The van der Waals surface area contributed by atoms with Gasteiger partial charge in [0.2, 0.25) is 5.91 Å². The number of rotatable bonds is 7. The van der Waals surface area contributed by atoms with Crippen LogP contribution in [0.4, 0.5) is 0 Å². The van der Waals surface area contributed by atoms with Gasteiger partial charge in [0.1, 0.15) is 0 Å². The third-order valence-corrected chi connectivity index (χ3v) is 4.38. The molecule has 0 spiro atoms. The summed E-state index contributed by atoms with van der Waals surface area (Å²) in [7, 11) is 0. The van der Waals surface area contributed by atoms with Crippen molar-refractivity contribution in [3.63, 3.8) is 0 Å². The van der Waals surface area contributed by atoms with Crippen molar-refractivity contribution in [3.8, 4) is 0 Å². The molecule has 1 saturated carbocycles. The van der Waals surface area contributed by atoms with Gasteiger partial charge in [0.15, 0.2) is 0 Å². The first-order chi connectivity index (χ1) is 8.74. The highest BCUT2D eigenvalue weighted by atomic mass is 32.2. The molecule has 0 radical (unpaired) electrons. The predicted octanol–water partition coefficient (Wildman–Crippen LogP) is 2.06. The average Bonchev–Trinajstić information content (AvgIpc) is 3.16. The molecule has 0 aliphatic heterocycles. The Hall–Kier alpha value is -1.00. The quantitative estimate of drug-likeness (QED) is 0.742. The van der Waals surface area contributed by atoms with Crippen LogP contribution in [-0.2, 0) is 4.79 Å². The molecule has 4 heteroatoms. The van der Waals surface area contributed by atoms with E-state index in [0.29, 0.717) is 12.3 Å².